The minimum absolute atomic E-state index is 0. The fourth-order valence-corrected chi connectivity index (χ4v) is 2.02. The maximum atomic E-state index is 13.5. The third-order valence-corrected chi connectivity index (χ3v) is 3.08. The van der Waals surface area contributed by atoms with Gasteiger partial charge in [-0.05, 0) is 30.7 Å². The quantitative estimate of drug-likeness (QED) is 0.284. The molecule has 0 amide bonds. The van der Waals surface area contributed by atoms with E-state index >= 15 is 0 Å². The van der Waals surface area contributed by atoms with E-state index in [4.69, 9.17) is 5.73 Å². The van der Waals surface area contributed by atoms with Gasteiger partial charge >= 0.3 is 6.36 Å². The Morgan fingerprint density at radius 2 is 1.65 bits per heavy atom. The predicted octanol–water partition coefficient (Wildman–Crippen LogP) is 4.45. The van der Waals surface area contributed by atoms with Crippen molar-refractivity contribution in [2.24, 2.45) is 10.7 Å². The first-order valence-electron chi connectivity index (χ1n) is 7.11. The van der Waals surface area contributed by atoms with Gasteiger partial charge < -0.3 is 15.8 Å². The SMILES string of the molecule is I.NC(=NCCc1c(F)cccc1F)Nc1ccccc1OC(F)(F)F. The lowest BCUT2D eigenvalue weighted by atomic mass is 10.1. The van der Waals surface area contributed by atoms with Crippen molar-refractivity contribution in [3.63, 3.8) is 0 Å². The predicted molar refractivity (Wildman–Crippen MR) is 98.7 cm³/mol. The highest BCUT2D eigenvalue weighted by Crippen LogP contribution is 2.29. The van der Waals surface area contributed by atoms with E-state index in [1.807, 2.05) is 0 Å². The first kappa shape index (κ1) is 21.9. The Labute approximate surface area is 163 Å². The van der Waals surface area contributed by atoms with Gasteiger partial charge in [0.2, 0.25) is 0 Å². The number of rotatable bonds is 5. The number of ether oxygens (including phenoxy) is 1. The van der Waals surface area contributed by atoms with Crippen molar-refractivity contribution in [2.45, 2.75) is 12.8 Å². The fourth-order valence-electron chi connectivity index (χ4n) is 2.02. The Morgan fingerprint density at radius 3 is 2.27 bits per heavy atom. The zero-order chi connectivity index (χ0) is 18.4. The van der Waals surface area contributed by atoms with Gasteiger partial charge in [-0.15, -0.1) is 37.1 Å². The highest BCUT2D eigenvalue weighted by atomic mass is 127. The molecule has 0 aliphatic carbocycles. The molecule has 10 heteroatoms. The van der Waals surface area contributed by atoms with Crippen LogP contribution in [0.2, 0.25) is 0 Å². The van der Waals surface area contributed by atoms with Crippen molar-refractivity contribution < 1.29 is 26.7 Å². The molecule has 0 radical (unpaired) electrons. The lowest BCUT2D eigenvalue weighted by Gasteiger charge is -2.14. The van der Waals surface area contributed by atoms with E-state index in [0.29, 0.717) is 0 Å². The molecule has 2 aromatic carbocycles. The molecule has 0 saturated carbocycles. The minimum Gasteiger partial charge on any atom is -0.404 e. The van der Waals surface area contributed by atoms with Crippen LogP contribution in [0.15, 0.2) is 47.5 Å². The first-order valence-corrected chi connectivity index (χ1v) is 7.11. The van der Waals surface area contributed by atoms with Crippen LogP contribution in [-0.4, -0.2) is 18.9 Å². The molecule has 0 saturated heterocycles. The van der Waals surface area contributed by atoms with Gasteiger partial charge in [0.15, 0.2) is 11.7 Å². The van der Waals surface area contributed by atoms with Gasteiger partial charge in [0.05, 0.1) is 5.69 Å². The molecule has 26 heavy (non-hydrogen) atoms. The number of nitrogens with one attached hydrogen (secondary N) is 1. The second-order valence-corrected chi connectivity index (χ2v) is 4.89. The molecule has 4 nitrogen and oxygen atoms in total. The van der Waals surface area contributed by atoms with E-state index in [1.54, 1.807) is 0 Å². The maximum Gasteiger partial charge on any atom is 0.573 e. The monoisotopic (exact) mass is 487 g/mol. The number of anilines is 1. The van der Waals surface area contributed by atoms with Crippen LogP contribution < -0.4 is 15.8 Å². The first-order chi connectivity index (χ1) is 11.8. The molecule has 0 atom stereocenters. The van der Waals surface area contributed by atoms with Gasteiger partial charge in [0.1, 0.15) is 11.6 Å². The molecular weight excluding hydrogens is 472 g/mol. The van der Waals surface area contributed by atoms with Gasteiger partial charge in [-0.25, -0.2) is 8.78 Å². The van der Waals surface area contributed by atoms with Crippen LogP contribution in [0.1, 0.15) is 5.56 Å². The molecule has 0 aliphatic rings. The van der Waals surface area contributed by atoms with Gasteiger partial charge in [0.25, 0.3) is 0 Å². The Kier molecular flexibility index (Phi) is 8.06. The summed E-state index contributed by atoms with van der Waals surface area (Å²) in [6.07, 6.45) is -4.91. The molecule has 142 valence electrons. The molecule has 2 aromatic rings. The number of benzene rings is 2. The molecule has 0 aromatic heterocycles. The highest BCUT2D eigenvalue weighted by Gasteiger charge is 2.32. The number of hydrogen-bond donors (Lipinski definition) is 2. The molecular formula is C16H15F5IN3O. The zero-order valence-corrected chi connectivity index (χ0v) is 15.5. The van der Waals surface area contributed by atoms with Crippen LogP contribution in [0.25, 0.3) is 0 Å². The average molecular weight is 487 g/mol. The maximum absolute atomic E-state index is 13.5. The summed E-state index contributed by atoms with van der Waals surface area (Å²) < 4.78 is 67.8. The Bertz CT molecular complexity index is 748. The van der Waals surface area contributed by atoms with Crippen LogP contribution in [0.3, 0.4) is 0 Å². The third kappa shape index (κ3) is 6.65. The van der Waals surface area contributed by atoms with E-state index in [1.165, 1.54) is 24.3 Å². The number of guanidine groups is 1. The summed E-state index contributed by atoms with van der Waals surface area (Å²) >= 11 is 0. The van der Waals surface area contributed by atoms with E-state index in [2.05, 4.69) is 15.0 Å². The van der Waals surface area contributed by atoms with Crippen LogP contribution in [0.4, 0.5) is 27.6 Å². The number of hydrogen-bond acceptors (Lipinski definition) is 2. The van der Waals surface area contributed by atoms with Crippen LogP contribution in [-0.2, 0) is 6.42 Å². The standard InChI is InChI=1S/C16H14F5N3O.HI/c17-11-4-3-5-12(18)10(11)8-9-23-15(22)24-13-6-1-2-7-14(13)25-16(19,20)21;/h1-7H,8-9H2,(H3,22,23,24);1H. The molecule has 0 fully saturated rings. The smallest absolute Gasteiger partial charge is 0.404 e. The Morgan fingerprint density at radius 1 is 1.04 bits per heavy atom. The summed E-state index contributed by atoms with van der Waals surface area (Å²) in [7, 11) is 0. The molecule has 0 aliphatic heterocycles. The fraction of sp³-hybridized carbons (Fsp3) is 0.188. The molecule has 0 bridgehead atoms. The number of alkyl halides is 3. The third-order valence-electron chi connectivity index (χ3n) is 3.08. The summed E-state index contributed by atoms with van der Waals surface area (Å²) in [5.74, 6) is -2.10. The second-order valence-electron chi connectivity index (χ2n) is 4.89. The van der Waals surface area contributed by atoms with Gasteiger partial charge in [-0.3, -0.25) is 4.99 Å². The number of nitrogens with two attached hydrogens (primary N) is 1. The number of nitrogens with zero attached hydrogens (tertiary/aromatic N) is 1. The molecule has 3 N–H and O–H groups in total. The van der Waals surface area contributed by atoms with Crippen molar-refractivity contribution in [1.82, 2.24) is 0 Å². The normalized spacial score (nSPS) is 11.7. The molecule has 0 heterocycles. The lowest BCUT2D eigenvalue weighted by Crippen LogP contribution is -2.25. The summed E-state index contributed by atoms with van der Waals surface area (Å²) in [6.45, 7) is -0.0566. The largest absolute Gasteiger partial charge is 0.573 e. The molecule has 0 unspecified atom stereocenters. The van der Waals surface area contributed by atoms with Crippen molar-refractivity contribution in [3.05, 3.63) is 59.7 Å². The van der Waals surface area contributed by atoms with E-state index in [-0.39, 0.29) is 54.2 Å². The topological polar surface area (TPSA) is 59.6 Å². The van der Waals surface area contributed by atoms with Crippen LogP contribution in [0, 0.1) is 11.6 Å². The number of aliphatic imine (C=N–C) groups is 1. The second kappa shape index (κ2) is 9.55. The summed E-state index contributed by atoms with van der Waals surface area (Å²) in [5, 5.41) is 2.46. The Hall–Kier alpha value is -2.11. The van der Waals surface area contributed by atoms with Crippen molar-refractivity contribution in [2.75, 3.05) is 11.9 Å². The van der Waals surface area contributed by atoms with Crippen molar-refractivity contribution in [3.8, 4) is 5.75 Å². The van der Waals surface area contributed by atoms with Gasteiger partial charge in [0, 0.05) is 12.1 Å². The zero-order valence-electron chi connectivity index (χ0n) is 13.2. The average Bonchev–Trinajstić information content (AvgIpc) is 2.51. The summed E-state index contributed by atoms with van der Waals surface area (Å²) in [6, 6.07) is 8.75. The minimum atomic E-state index is -4.86. The van der Waals surface area contributed by atoms with E-state index < -0.39 is 23.7 Å². The van der Waals surface area contributed by atoms with Gasteiger partial charge in [-0.1, -0.05) is 18.2 Å². The summed E-state index contributed by atoms with van der Waals surface area (Å²) in [4.78, 5) is 3.85. The van der Waals surface area contributed by atoms with Crippen LogP contribution >= 0.6 is 24.0 Å². The van der Waals surface area contributed by atoms with Crippen molar-refractivity contribution >= 4 is 35.6 Å². The molecule has 0 spiro atoms. The number of para-hydroxylation sites is 2. The molecule has 2 rings (SSSR count). The van der Waals surface area contributed by atoms with E-state index in [9.17, 15) is 22.0 Å². The Balaban J connectivity index is 0.00000338. The summed E-state index contributed by atoms with van der Waals surface area (Å²) in [5.41, 5.74) is 5.41. The van der Waals surface area contributed by atoms with Crippen LogP contribution in [0.5, 0.6) is 5.75 Å². The highest BCUT2D eigenvalue weighted by molar-refractivity contribution is 14.0. The van der Waals surface area contributed by atoms with Crippen molar-refractivity contribution in [1.29, 1.82) is 0 Å². The number of halogens is 6. The lowest BCUT2D eigenvalue weighted by molar-refractivity contribution is -0.274. The van der Waals surface area contributed by atoms with Gasteiger partial charge in [-0.2, -0.15) is 0 Å². The van der Waals surface area contributed by atoms with E-state index in [0.717, 1.165) is 18.2 Å².